The lowest BCUT2D eigenvalue weighted by Crippen LogP contribution is -2.49. The van der Waals surface area contributed by atoms with Crippen LogP contribution in [0, 0.1) is 5.92 Å². The third-order valence-corrected chi connectivity index (χ3v) is 5.51. The summed E-state index contributed by atoms with van der Waals surface area (Å²) in [6.07, 6.45) is 1.76. The number of hydrogen-bond donors (Lipinski definition) is 1. The number of rotatable bonds is 3. The van der Waals surface area contributed by atoms with E-state index in [1.54, 1.807) is 28.6 Å². The molecule has 0 radical (unpaired) electrons. The average molecular weight is 268 g/mol. The fourth-order valence-electron chi connectivity index (χ4n) is 2.49. The van der Waals surface area contributed by atoms with E-state index in [9.17, 15) is 8.42 Å². The number of nitrogens with zero attached hydrogens (tertiary/aromatic N) is 1. The van der Waals surface area contributed by atoms with E-state index < -0.39 is 10.0 Å². The Morgan fingerprint density at radius 1 is 1.33 bits per heavy atom. The molecular formula is C13H20N2O2S. The van der Waals surface area contributed by atoms with Crippen LogP contribution in [-0.2, 0) is 10.0 Å². The molecule has 0 aliphatic carbocycles. The highest BCUT2D eigenvalue weighted by molar-refractivity contribution is 7.89. The molecule has 4 nitrogen and oxygen atoms in total. The number of sulfonamides is 1. The van der Waals surface area contributed by atoms with Crippen LogP contribution >= 0.6 is 0 Å². The minimum Gasteiger partial charge on any atom is -0.329 e. The molecule has 1 saturated heterocycles. The fraction of sp³-hybridized carbons (Fsp3) is 0.538. The highest BCUT2D eigenvalue weighted by atomic mass is 32.2. The quantitative estimate of drug-likeness (QED) is 0.902. The summed E-state index contributed by atoms with van der Waals surface area (Å²) in [5.74, 6) is 0.542. The first-order valence-corrected chi connectivity index (χ1v) is 7.76. The zero-order valence-corrected chi connectivity index (χ0v) is 11.4. The van der Waals surface area contributed by atoms with Crippen molar-refractivity contribution in [3.63, 3.8) is 0 Å². The van der Waals surface area contributed by atoms with Gasteiger partial charge in [-0.15, -0.1) is 0 Å². The zero-order valence-electron chi connectivity index (χ0n) is 10.6. The summed E-state index contributed by atoms with van der Waals surface area (Å²) in [7, 11) is -3.39. The zero-order chi connectivity index (χ0) is 13.2. The Balaban J connectivity index is 2.30. The fourth-order valence-corrected chi connectivity index (χ4v) is 4.17. The van der Waals surface area contributed by atoms with Gasteiger partial charge in [-0.05, 0) is 30.9 Å². The highest BCUT2D eigenvalue weighted by Gasteiger charge is 2.34. The van der Waals surface area contributed by atoms with Gasteiger partial charge in [0.2, 0.25) is 10.0 Å². The van der Waals surface area contributed by atoms with E-state index in [0.29, 0.717) is 23.9 Å². The number of piperidine rings is 1. The Labute approximate surface area is 109 Å². The second kappa shape index (κ2) is 5.38. The molecule has 1 aliphatic rings. The van der Waals surface area contributed by atoms with Gasteiger partial charge in [-0.3, -0.25) is 0 Å². The molecule has 0 spiro atoms. The summed E-state index contributed by atoms with van der Waals surface area (Å²) >= 11 is 0. The van der Waals surface area contributed by atoms with Crippen LogP contribution in [0.5, 0.6) is 0 Å². The predicted molar refractivity (Wildman–Crippen MR) is 71.6 cm³/mol. The third-order valence-electron chi connectivity index (χ3n) is 3.55. The third kappa shape index (κ3) is 2.58. The Morgan fingerprint density at radius 3 is 2.61 bits per heavy atom. The van der Waals surface area contributed by atoms with Crippen LogP contribution in [-0.4, -0.2) is 31.9 Å². The molecule has 1 aromatic rings. The molecule has 0 saturated carbocycles. The van der Waals surface area contributed by atoms with E-state index >= 15 is 0 Å². The first-order chi connectivity index (χ1) is 8.55. The lowest BCUT2D eigenvalue weighted by atomic mass is 9.94. The Kier molecular flexibility index (Phi) is 4.04. The van der Waals surface area contributed by atoms with Crippen molar-refractivity contribution >= 4 is 10.0 Å². The maximum absolute atomic E-state index is 12.5. The van der Waals surface area contributed by atoms with E-state index in [2.05, 4.69) is 6.92 Å². The summed E-state index contributed by atoms with van der Waals surface area (Å²) in [4.78, 5) is 0.359. The van der Waals surface area contributed by atoms with Crippen LogP contribution in [0.15, 0.2) is 35.2 Å². The summed E-state index contributed by atoms with van der Waals surface area (Å²) in [5, 5.41) is 0. The van der Waals surface area contributed by atoms with Gasteiger partial charge in [0, 0.05) is 19.1 Å². The summed E-state index contributed by atoms with van der Waals surface area (Å²) < 4.78 is 26.6. The monoisotopic (exact) mass is 268 g/mol. The van der Waals surface area contributed by atoms with E-state index in [0.717, 1.165) is 12.8 Å². The highest BCUT2D eigenvalue weighted by Crippen LogP contribution is 2.27. The Morgan fingerprint density at radius 2 is 2.00 bits per heavy atom. The molecule has 1 aromatic carbocycles. The molecule has 2 N–H and O–H groups in total. The number of hydrogen-bond acceptors (Lipinski definition) is 3. The molecule has 2 rings (SSSR count). The molecule has 18 heavy (non-hydrogen) atoms. The Bertz CT molecular complexity index is 487. The van der Waals surface area contributed by atoms with Crippen molar-refractivity contribution in [2.45, 2.75) is 30.7 Å². The molecule has 100 valence electrons. The molecule has 0 bridgehead atoms. The smallest absolute Gasteiger partial charge is 0.243 e. The predicted octanol–water partition coefficient (Wildman–Crippen LogP) is 1.43. The maximum atomic E-state index is 12.5. The van der Waals surface area contributed by atoms with E-state index in [-0.39, 0.29) is 6.04 Å². The van der Waals surface area contributed by atoms with Gasteiger partial charge in [0.25, 0.3) is 0 Å². The second-order valence-electron chi connectivity index (χ2n) is 4.95. The van der Waals surface area contributed by atoms with Crippen molar-refractivity contribution in [3.05, 3.63) is 30.3 Å². The van der Waals surface area contributed by atoms with Crippen molar-refractivity contribution in [1.29, 1.82) is 0 Å². The van der Waals surface area contributed by atoms with Gasteiger partial charge >= 0.3 is 0 Å². The molecule has 5 heteroatoms. The topological polar surface area (TPSA) is 63.4 Å². The van der Waals surface area contributed by atoms with Crippen molar-refractivity contribution in [1.82, 2.24) is 4.31 Å². The molecule has 2 atom stereocenters. The molecular weight excluding hydrogens is 248 g/mol. The van der Waals surface area contributed by atoms with Crippen molar-refractivity contribution in [2.75, 3.05) is 13.1 Å². The first-order valence-electron chi connectivity index (χ1n) is 6.32. The van der Waals surface area contributed by atoms with Gasteiger partial charge in [0.05, 0.1) is 4.90 Å². The van der Waals surface area contributed by atoms with Gasteiger partial charge < -0.3 is 5.73 Å². The second-order valence-corrected chi connectivity index (χ2v) is 6.84. The Hall–Kier alpha value is -0.910. The van der Waals surface area contributed by atoms with Crippen LogP contribution in [0.4, 0.5) is 0 Å². The van der Waals surface area contributed by atoms with Crippen LogP contribution in [0.3, 0.4) is 0 Å². The molecule has 1 fully saturated rings. The van der Waals surface area contributed by atoms with Gasteiger partial charge in [-0.25, -0.2) is 8.42 Å². The van der Waals surface area contributed by atoms with Crippen molar-refractivity contribution in [2.24, 2.45) is 11.7 Å². The molecule has 0 aromatic heterocycles. The normalized spacial score (nSPS) is 26.1. The lowest BCUT2D eigenvalue weighted by molar-refractivity contribution is 0.211. The van der Waals surface area contributed by atoms with Gasteiger partial charge in [0.1, 0.15) is 0 Å². The van der Waals surface area contributed by atoms with Gasteiger partial charge in [-0.1, -0.05) is 25.1 Å². The summed E-state index contributed by atoms with van der Waals surface area (Å²) in [5.41, 5.74) is 5.72. The number of nitrogens with two attached hydrogens (primary N) is 1. The molecule has 2 unspecified atom stereocenters. The van der Waals surface area contributed by atoms with Crippen molar-refractivity contribution in [3.8, 4) is 0 Å². The number of benzene rings is 1. The lowest BCUT2D eigenvalue weighted by Gasteiger charge is -2.36. The van der Waals surface area contributed by atoms with Gasteiger partial charge in [-0.2, -0.15) is 4.31 Å². The minimum atomic E-state index is -3.39. The van der Waals surface area contributed by atoms with Crippen LogP contribution in [0.2, 0.25) is 0 Å². The molecule has 0 amide bonds. The van der Waals surface area contributed by atoms with Crippen LogP contribution < -0.4 is 5.73 Å². The van der Waals surface area contributed by atoms with Crippen LogP contribution in [0.25, 0.3) is 0 Å². The minimum absolute atomic E-state index is 0.0704. The van der Waals surface area contributed by atoms with E-state index in [1.807, 2.05) is 6.07 Å². The average Bonchev–Trinajstić information content (AvgIpc) is 2.39. The van der Waals surface area contributed by atoms with E-state index in [4.69, 9.17) is 5.73 Å². The van der Waals surface area contributed by atoms with Gasteiger partial charge in [0.15, 0.2) is 0 Å². The molecule has 1 aliphatic heterocycles. The van der Waals surface area contributed by atoms with Crippen molar-refractivity contribution < 1.29 is 8.42 Å². The summed E-state index contributed by atoms with van der Waals surface area (Å²) in [6.45, 7) is 3.10. The summed E-state index contributed by atoms with van der Waals surface area (Å²) in [6, 6.07) is 8.52. The SMILES string of the molecule is CC1CCN(S(=O)(=O)c2ccccc2)C(CN)C1. The van der Waals surface area contributed by atoms with Crippen LogP contribution in [0.1, 0.15) is 19.8 Å². The van der Waals surface area contributed by atoms with E-state index in [1.165, 1.54) is 0 Å². The first kappa shape index (κ1) is 13.5. The maximum Gasteiger partial charge on any atom is 0.243 e. The molecule has 1 heterocycles. The largest absolute Gasteiger partial charge is 0.329 e. The standard InChI is InChI=1S/C13H20N2O2S/c1-11-7-8-15(12(9-11)10-14)18(16,17)13-5-3-2-4-6-13/h2-6,11-12H,7-10,14H2,1H3.